The van der Waals surface area contributed by atoms with Crippen LogP contribution in [0.5, 0.6) is 0 Å². The number of hydrogen-bond donors (Lipinski definition) is 2. The molecule has 2 aromatic rings. The number of nitrogens with zero attached hydrogens (tertiary/aromatic N) is 1. The topological polar surface area (TPSA) is 54.0 Å². The summed E-state index contributed by atoms with van der Waals surface area (Å²) in [5.41, 5.74) is -0.654. The Labute approximate surface area is 129 Å². The van der Waals surface area contributed by atoms with E-state index in [9.17, 15) is 18.0 Å². The molecular weight excluding hydrogens is 319 g/mol. The highest BCUT2D eigenvalue weighted by molar-refractivity contribution is 6.30. The molecule has 0 bridgehead atoms. The number of carbonyl (C=O) groups is 1. The molecule has 0 fully saturated rings. The molecule has 0 unspecified atom stereocenters. The maximum absolute atomic E-state index is 13.0. The molecule has 0 aliphatic rings. The summed E-state index contributed by atoms with van der Waals surface area (Å²) < 4.78 is 38.9. The van der Waals surface area contributed by atoms with Crippen molar-refractivity contribution in [1.82, 2.24) is 4.98 Å². The first-order valence-electron chi connectivity index (χ1n) is 6.13. The molecule has 22 heavy (non-hydrogen) atoms. The molecule has 0 saturated carbocycles. The van der Waals surface area contributed by atoms with Gasteiger partial charge in [-0.25, -0.2) is 4.98 Å². The number of carbonyl (C=O) groups excluding carboxylic acids is 1. The van der Waals surface area contributed by atoms with Gasteiger partial charge in [-0.1, -0.05) is 11.6 Å². The third-order valence-corrected chi connectivity index (χ3v) is 2.87. The van der Waals surface area contributed by atoms with Gasteiger partial charge < -0.3 is 10.6 Å². The Morgan fingerprint density at radius 3 is 2.50 bits per heavy atom. The third kappa shape index (κ3) is 4.11. The Hall–Kier alpha value is -2.28. The number of halogens is 4. The van der Waals surface area contributed by atoms with Gasteiger partial charge in [-0.2, -0.15) is 13.2 Å². The number of pyridine rings is 1. The van der Waals surface area contributed by atoms with E-state index in [1.165, 1.54) is 37.4 Å². The van der Waals surface area contributed by atoms with E-state index in [0.717, 1.165) is 6.07 Å². The van der Waals surface area contributed by atoms with Crippen LogP contribution in [0.4, 0.5) is 30.4 Å². The highest BCUT2D eigenvalue weighted by Gasteiger charge is 2.33. The minimum atomic E-state index is -4.53. The van der Waals surface area contributed by atoms with E-state index in [-0.39, 0.29) is 16.6 Å². The summed E-state index contributed by atoms with van der Waals surface area (Å²) in [4.78, 5) is 14.8. The molecule has 2 rings (SSSR count). The molecule has 8 heteroatoms. The summed E-state index contributed by atoms with van der Waals surface area (Å²) in [6.45, 7) is 1.33. The fourth-order valence-corrected chi connectivity index (χ4v) is 1.91. The monoisotopic (exact) mass is 329 g/mol. The van der Waals surface area contributed by atoms with Crippen LogP contribution >= 0.6 is 11.6 Å². The summed E-state index contributed by atoms with van der Waals surface area (Å²) in [6, 6.07) is 6.44. The number of amides is 1. The van der Waals surface area contributed by atoms with Crippen LogP contribution in [0.3, 0.4) is 0 Å². The lowest BCUT2D eigenvalue weighted by atomic mass is 10.1. The van der Waals surface area contributed by atoms with Crippen molar-refractivity contribution in [3.05, 3.63) is 47.1 Å². The van der Waals surface area contributed by atoms with Gasteiger partial charge in [-0.3, -0.25) is 4.79 Å². The van der Waals surface area contributed by atoms with Crippen LogP contribution < -0.4 is 10.6 Å². The number of benzene rings is 1. The maximum Gasteiger partial charge on any atom is 0.418 e. The van der Waals surface area contributed by atoms with Gasteiger partial charge in [0, 0.05) is 11.9 Å². The van der Waals surface area contributed by atoms with Crippen LogP contribution in [-0.4, -0.2) is 10.9 Å². The smallest absolute Gasteiger partial charge is 0.354 e. The average Bonchev–Trinajstić information content (AvgIpc) is 2.41. The predicted octanol–water partition coefficient (Wildman–Crippen LogP) is 4.46. The summed E-state index contributed by atoms with van der Waals surface area (Å²) in [5, 5.41) is 5.09. The quantitative estimate of drug-likeness (QED) is 0.874. The van der Waals surface area contributed by atoms with Crippen LogP contribution in [0.2, 0.25) is 5.02 Å². The SMILES string of the molecule is CC(=O)Nc1ccc(Nc2ccc(Cl)cc2C(F)(F)F)cn1. The van der Waals surface area contributed by atoms with Crippen molar-refractivity contribution in [2.75, 3.05) is 10.6 Å². The van der Waals surface area contributed by atoms with E-state index in [4.69, 9.17) is 11.6 Å². The van der Waals surface area contributed by atoms with Crippen molar-refractivity contribution < 1.29 is 18.0 Å². The lowest BCUT2D eigenvalue weighted by molar-refractivity contribution is -0.136. The second kappa shape index (κ2) is 6.23. The second-order valence-corrected chi connectivity index (χ2v) is 4.86. The highest BCUT2D eigenvalue weighted by Crippen LogP contribution is 2.37. The molecular formula is C14H11ClF3N3O. The molecule has 0 aliphatic heterocycles. The first-order valence-corrected chi connectivity index (χ1v) is 6.51. The first kappa shape index (κ1) is 16.1. The van der Waals surface area contributed by atoms with Crippen molar-refractivity contribution in [2.24, 2.45) is 0 Å². The molecule has 0 atom stereocenters. The Morgan fingerprint density at radius 2 is 1.95 bits per heavy atom. The summed E-state index contributed by atoms with van der Waals surface area (Å²) in [5.74, 6) is 0.0236. The van der Waals surface area contributed by atoms with Crippen molar-refractivity contribution in [2.45, 2.75) is 13.1 Å². The van der Waals surface area contributed by atoms with Crippen LogP contribution in [-0.2, 0) is 11.0 Å². The first-order chi connectivity index (χ1) is 10.3. The zero-order valence-corrected chi connectivity index (χ0v) is 12.1. The van der Waals surface area contributed by atoms with Crippen LogP contribution in [0.25, 0.3) is 0 Å². The maximum atomic E-state index is 13.0. The predicted molar refractivity (Wildman–Crippen MR) is 78.3 cm³/mol. The zero-order valence-electron chi connectivity index (χ0n) is 11.3. The van der Waals surface area contributed by atoms with E-state index in [1.54, 1.807) is 0 Å². The summed E-state index contributed by atoms with van der Waals surface area (Å²) >= 11 is 5.61. The Bertz CT molecular complexity index is 687. The molecule has 1 aromatic carbocycles. The number of rotatable bonds is 3. The Morgan fingerprint density at radius 1 is 1.23 bits per heavy atom. The molecule has 116 valence electrons. The van der Waals surface area contributed by atoms with Crippen molar-refractivity contribution in [3.63, 3.8) is 0 Å². The van der Waals surface area contributed by atoms with Crippen LogP contribution in [0.15, 0.2) is 36.5 Å². The zero-order chi connectivity index (χ0) is 16.3. The van der Waals surface area contributed by atoms with Gasteiger partial charge in [-0.15, -0.1) is 0 Å². The van der Waals surface area contributed by atoms with Gasteiger partial charge in [0.05, 0.1) is 23.1 Å². The van der Waals surface area contributed by atoms with Gasteiger partial charge >= 0.3 is 6.18 Å². The largest absolute Gasteiger partial charge is 0.418 e. The minimum Gasteiger partial charge on any atom is -0.354 e. The van der Waals surface area contributed by atoms with E-state index in [2.05, 4.69) is 15.6 Å². The number of alkyl halides is 3. The number of hydrogen-bond acceptors (Lipinski definition) is 3. The fourth-order valence-electron chi connectivity index (χ4n) is 1.74. The van der Waals surface area contributed by atoms with Crippen molar-refractivity contribution in [1.29, 1.82) is 0 Å². The van der Waals surface area contributed by atoms with Crippen molar-refractivity contribution in [3.8, 4) is 0 Å². The number of aromatic nitrogens is 1. The minimum absolute atomic E-state index is 0.00277. The third-order valence-electron chi connectivity index (χ3n) is 2.63. The van der Waals surface area contributed by atoms with Gasteiger partial charge in [0.2, 0.25) is 5.91 Å². The molecule has 2 N–H and O–H groups in total. The molecule has 0 spiro atoms. The standard InChI is InChI=1S/C14H11ClF3N3O/c1-8(22)20-13-5-3-10(7-19-13)21-12-4-2-9(15)6-11(12)14(16,17)18/h2-7,21H,1H3,(H,19,20,22). The molecule has 0 radical (unpaired) electrons. The van der Waals surface area contributed by atoms with Gasteiger partial charge in [0.25, 0.3) is 0 Å². The van der Waals surface area contributed by atoms with E-state index in [1.807, 2.05) is 0 Å². The van der Waals surface area contributed by atoms with Gasteiger partial charge in [0.15, 0.2) is 0 Å². The van der Waals surface area contributed by atoms with Crippen LogP contribution in [0.1, 0.15) is 12.5 Å². The normalized spacial score (nSPS) is 11.1. The molecule has 4 nitrogen and oxygen atoms in total. The van der Waals surface area contributed by atoms with Gasteiger partial charge in [0.1, 0.15) is 5.82 Å². The van der Waals surface area contributed by atoms with E-state index < -0.39 is 11.7 Å². The van der Waals surface area contributed by atoms with Crippen molar-refractivity contribution >= 4 is 34.7 Å². The molecule has 0 aliphatic carbocycles. The molecule has 1 amide bonds. The summed E-state index contributed by atoms with van der Waals surface area (Å²) in [7, 11) is 0. The summed E-state index contributed by atoms with van der Waals surface area (Å²) in [6.07, 6.45) is -3.21. The number of nitrogens with one attached hydrogen (secondary N) is 2. The lowest BCUT2D eigenvalue weighted by Crippen LogP contribution is -2.09. The Balaban J connectivity index is 2.25. The molecule has 1 heterocycles. The van der Waals surface area contributed by atoms with Crippen LogP contribution in [0, 0.1) is 0 Å². The fraction of sp³-hybridized carbons (Fsp3) is 0.143. The Kier molecular flexibility index (Phi) is 4.56. The molecule has 1 aromatic heterocycles. The lowest BCUT2D eigenvalue weighted by Gasteiger charge is -2.15. The highest BCUT2D eigenvalue weighted by atomic mass is 35.5. The number of anilines is 3. The van der Waals surface area contributed by atoms with E-state index in [0.29, 0.717) is 11.5 Å². The van der Waals surface area contributed by atoms with E-state index >= 15 is 0 Å². The molecule has 0 saturated heterocycles. The second-order valence-electron chi connectivity index (χ2n) is 4.43. The van der Waals surface area contributed by atoms with Gasteiger partial charge in [-0.05, 0) is 30.3 Å². The average molecular weight is 330 g/mol.